The second kappa shape index (κ2) is 3.24. The Kier molecular flexibility index (Phi) is 2.19. The molecule has 3 atom stereocenters. The molecule has 0 aromatic heterocycles. The maximum Gasteiger partial charge on any atom is 0.240 e. The van der Waals surface area contributed by atoms with E-state index in [2.05, 4.69) is 0 Å². The van der Waals surface area contributed by atoms with Crippen LogP contribution < -0.4 is 5.73 Å². The minimum absolute atomic E-state index is 0.0115. The number of hydrogen-bond acceptors (Lipinski definition) is 3. The van der Waals surface area contributed by atoms with Crippen LogP contribution in [0.15, 0.2) is 0 Å². The maximum atomic E-state index is 11.8. The molecule has 2 amide bonds. The molecule has 0 aliphatic carbocycles. The van der Waals surface area contributed by atoms with Crippen molar-refractivity contribution >= 4 is 11.8 Å². The van der Waals surface area contributed by atoms with E-state index in [1.807, 2.05) is 0 Å². The van der Waals surface area contributed by atoms with E-state index in [9.17, 15) is 9.59 Å². The van der Waals surface area contributed by atoms with Crippen molar-refractivity contribution in [3.8, 4) is 0 Å². The molecule has 2 rings (SSSR count). The molecule has 2 heterocycles. The molecular formula is C9H14N2O3. The SMILES string of the molecule is CC1COC2CCC(C(N)=O)N2C1=O. The Labute approximate surface area is 82.2 Å². The van der Waals surface area contributed by atoms with Crippen LogP contribution in [0.4, 0.5) is 0 Å². The Balaban J connectivity index is 2.20. The Morgan fingerprint density at radius 1 is 1.57 bits per heavy atom. The number of primary amides is 1. The summed E-state index contributed by atoms with van der Waals surface area (Å²) in [4.78, 5) is 24.4. The van der Waals surface area contributed by atoms with Crippen molar-refractivity contribution in [2.45, 2.75) is 32.0 Å². The fourth-order valence-electron chi connectivity index (χ4n) is 2.10. The van der Waals surface area contributed by atoms with E-state index in [0.717, 1.165) is 0 Å². The minimum atomic E-state index is -0.463. The van der Waals surface area contributed by atoms with Gasteiger partial charge in [-0.25, -0.2) is 0 Å². The second-order valence-corrected chi connectivity index (χ2v) is 3.93. The van der Waals surface area contributed by atoms with Crippen LogP contribution in [-0.2, 0) is 14.3 Å². The zero-order valence-electron chi connectivity index (χ0n) is 8.10. The highest BCUT2D eigenvalue weighted by Gasteiger charge is 2.44. The van der Waals surface area contributed by atoms with E-state index in [1.165, 1.54) is 4.90 Å². The summed E-state index contributed by atoms with van der Waals surface area (Å²) >= 11 is 0. The first-order valence-electron chi connectivity index (χ1n) is 4.84. The van der Waals surface area contributed by atoms with Crippen molar-refractivity contribution in [2.24, 2.45) is 11.7 Å². The Morgan fingerprint density at radius 2 is 2.29 bits per heavy atom. The average Bonchev–Trinajstić information content (AvgIpc) is 2.55. The lowest BCUT2D eigenvalue weighted by Gasteiger charge is -2.35. The monoisotopic (exact) mass is 198 g/mol. The summed E-state index contributed by atoms with van der Waals surface area (Å²) in [6.07, 6.45) is 1.11. The number of hydrogen-bond donors (Lipinski definition) is 1. The third-order valence-electron chi connectivity index (χ3n) is 2.88. The molecule has 5 heteroatoms. The maximum absolute atomic E-state index is 11.8. The fourth-order valence-corrected chi connectivity index (χ4v) is 2.10. The summed E-state index contributed by atoms with van der Waals surface area (Å²) in [5.74, 6) is -0.604. The van der Waals surface area contributed by atoms with Crippen molar-refractivity contribution in [2.75, 3.05) is 6.61 Å². The number of rotatable bonds is 1. The van der Waals surface area contributed by atoms with Crippen LogP contribution >= 0.6 is 0 Å². The summed E-state index contributed by atoms with van der Waals surface area (Å²) in [5, 5.41) is 0. The molecule has 2 aliphatic heterocycles. The topological polar surface area (TPSA) is 72.6 Å². The van der Waals surface area contributed by atoms with Gasteiger partial charge in [0, 0.05) is 0 Å². The second-order valence-electron chi connectivity index (χ2n) is 3.93. The predicted octanol–water partition coefficient (Wildman–Crippen LogP) is -0.545. The third-order valence-corrected chi connectivity index (χ3v) is 2.88. The van der Waals surface area contributed by atoms with Crippen LogP contribution in [0.5, 0.6) is 0 Å². The number of amides is 2. The van der Waals surface area contributed by atoms with Gasteiger partial charge in [-0.05, 0) is 12.8 Å². The van der Waals surface area contributed by atoms with Gasteiger partial charge in [0.15, 0.2) is 0 Å². The smallest absolute Gasteiger partial charge is 0.240 e. The van der Waals surface area contributed by atoms with Gasteiger partial charge in [0.2, 0.25) is 11.8 Å². The molecule has 0 saturated carbocycles. The predicted molar refractivity (Wildman–Crippen MR) is 48.0 cm³/mol. The molecule has 0 radical (unpaired) electrons. The van der Waals surface area contributed by atoms with Crippen LogP contribution in [0.3, 0.4) is 0 Å². The fraction of sp³-hybridized carbons (Fsp3) is 0.778. The summed E-state index contributed by atoms with van der Waals surface area (Å²) in [6, 6.07) is -0.463. The molecule has 2 N–H and O–H groups in total. The van der Waals surface area contributed by atoms with Crippen molar-refractivity contribution < 1.29 is 14.3 Å². The highest BCUT2D eigenvalue weighted by molar-refractivity contribution is 5.88. The molecule has 14 heavy (non-hydrogen) atoms. The zero-order chi connectivity index (χ0) is 10.3. The minimum Gasteiger partial charge on any atom is -0.368 e. The van der Waals surface area contributed by atoms with E-state index in [1.54, 1.807) is 6.92 Å². The van der Waals surface area contributed by atoms with Gasteiger partial charge in [-0.3, -0.25) is 9.59 Å². The summed E-state index contributed by atoms with van der Waals surface area (Å²) in [7, 11) is 0. The summed E-state index contributed by atoms with van der Waals surface area (Å²) < 4.78 is 5.46. The lowest BCUT2D eigenvalue weighted by atomic mass is 10.1. The van der Waals surface area contributed by atoms with E-state index < -0.39 is 11.9 Å². The Morgan fingerprint density at radius 3 is 2.93 bits per heavy atom. The number of carbonyl (C=O) groups excluding carboxylic acids is 2. The number of carbonyl (C=O) groups is 2. The standard InChI is InChI=1S/C9H14N2O3/c1-5-4-14-7-3-2-6(8(10)12)11(7)9(5)13/h5-7H,2-4H2,1H3,(H2,10,12). The molecular weight excluding hydrogens is 184 g/mol. The molecule has 3 unspecified atom stereocenters. The number of ether oxygens (including phenoxy) is 1. The first-order chi connectivity index (χ1) is 6.61. The molecule has 0 aromatic carbocycles. The molecule has 0 aromatic rings. The summed E-state index contributed by atoms with van der Waals surface area (Å²) in [5.41, 5.74) is 5.22. The van der Waals surface area contributed by atoms with Crippen molar-refractivity contribution in [1.82, 2.24) is 4.90 Å². The van der Waals surface area contributed by atoms with E-state index in [0.29, 0.717) is 19.4 Å². The Bertz CT molecular complexity index is 279. The molecule has 0 spiro atoms. The molecule has 78 valence electrons. The van der Waals surface area contributed by atoms with Crippen LogP contribution in [0.1, 0.15) is 19.8 Å². The van der Waals surface area contributed by atoms with Crippen LogP contribution in [0.25, 0.3) is 0 Å². The first-order valence-corrected chi connectivity index (χ1v) is 4.84. The van der Waals surface area contributed by atoms with Gasteiger partial charge in [0.1, 0.15) is 12.3 Å². The molecule has 2 fully saturated rings. The summed E-state index contributed by atoms with van der Waals surface area (Å²) in [6.45, 7) is 2.25. The number of fused-ring (bicyclic) bond motifs is 1. The van der Waals surface area contributed by atoms with Gasteiger partial charge >= 0.3 is 0 Å². The van der Waals surface area contributed by atoms with Gasteiger partial charge in [-0.1, -0.05) is 6.92 Å². The van der Waals surface area contributed by atoms with E-state index >= 15 is 0 Å². The highest BCUT2D eigenvalue weighted by atomic mass is 16.5. The van der Waals surface area contributed by atoms with Crippen molar-refractivity contribution in [1.29, 1.82) is 0 Å². The van der Waals surface area contributed by atoms with E-state index in [4.69, 9.17) is 10.5 Å². The van der Waals surface area contributed by atoms with Crippen LogP contribution in [-0.4, -0.2) is 35.6 Å². The lowest BCUT2D eigenvalue weighted by Crippen LogP contribution is -2.53. The van der Waals surface area contributed by atoms with E-state index in [-0.39, 0.29) is 18.1 Å². The van der Waals surface area contributed by atoms with Crippen LogP contribution in [0, 0.1) is 5.92 Å². The zero-order valence-corrected chi connectivity index (χ0v) is 8.10. The molecule has 5 nitrogen and oxygen atoms in total. The van der Waals surface area contributed by atoms with Gasteiger partial charge in [-0.2, -0.15) is 0 Å². The van der Waals surface area contributed by atoms with Gasteiger partial charge in [0.05, 0.1) is 12.5 Å². The first kappa shape index (κ1) is 9.45. The molecule has 0 bridgehead atoms. The average molecular weight is 198 g/mol. The highest BCUT2D eigenvalue weighted by Crippen LogP contribution is 2.30. The Hall–Kier alpha value is -1.10. The quantitative estimate of drug-likeness (QED) is 0.614. The van der Waals surface area contributed by atoms with Crippen LogP contribution in [0.2, 0.25) is 0 Å². The van der Waals surface area contributed by atoms with Gasteiger partial charge in [0.25, 0.3) is 0 Å². The lowest BCUT2D eigenvalue weighted by molar-refractivity contribution is -0.168. The third kappa shape index (κ3) is 1.28. The molecule has 2 aliphatic rings. The van der Waals surface area contributed by atoms with Gasteiger partial charge in [-0.15, -0.1) is 0 Å². The number of nitrogens with two attached hydrogens (primary N) is 1. The normalized spacial score (nSPS) is 37.1. The largest absolute Gasteiger partial charge is 0.368 e. The van der Waals surface area contributed by atoms with Gasteiger partial charge < -0.3 is 15.4 Å². The van der Waals surface area contributed by atoms with Crippen molar-refractivity contribution in [3.63, 3.8) is 0 Å². The van der Waals surface area contributed by atoms with Crippen molar-refractivity contribution in [3.05, 3.63) is 0 Å². The number of nitrogens with zero attached hydrogens (tertiary/aromatic N) is 1. The molecule has 2 saturated heterocycles.